The Morgan fingerprint density at radius 2 is 2.10 bits per heavy atom. The number of hydrogen-bond donors (Lipinski definition) is 1. The van der Waals surface area contributed by atoms with Gasteiger partial charge < -0.3 is 10.5 Å². The maximum absolute atomic E-state index is 6.14. The van der Waals surface area contributed by atoms with E-state index < -0.39 is 0 Å². The number of hydrogen-bond acceptors (Lipinski definition) is 3. The molecule has 0 fully saturated rings. The van der Waals surface area contributed by atoms with Crippen molar-refractivity contribution >= 4 is 11.6 Å². The van der Waals surface area contributed by atoms with E-state index in [0.717, 1.165) is 53.3 Å². The molecule has 1 aromatic heterocycles. The van der Waals surface area contributed by atoms with Gasteiger partial charge >= 0.3 is 0 Å². The molecule has 3 nitrogen and oxygen atoms in total. The number of nitrogens with two attached hydrogens (primary N) is 1. The molecule has 0 amide bonds. The monoisotopic (exact) mass is 302 g/mol. The first-order valence-corrected chi connectivity index (χ1v) is 7.77. The van der Waals surface area contributed by atoms with E-state index in [0.29, 0.717) is 12.4 Å². The number of halogens is 1. The van der Waals surface area contributed by atoms with Gasteiger partial charge in [0.1, 0.15) is 5.75 Å². The summed E-state index contributed by atoms with van der Waals surface area (Å²) in [4.78, 5) is 4.66. The Balaban J connectivity index is 1.94. The van der Waals surface area contributed by atoms with Crippen LogP contribution in [0.4, 0.5) is 0 Å². The van der Waals surface area contributed by atoms with Crippen molar-refractivity contribution in [2.75, 3.05) is 0 Å². The second-order valence-corrected chi connectivity index (χ2v) is 5.73. The van der Waals surface area contributed by atoms with Crippen molar-refractivity contribution in [1.29, 1.82) is 0 Å². The molecular formula is C17H19ClN2O. The van der Waals surface area contributed by atoms with E-state index in [1.807, 2.05) is 18.2 Å². The average molecular weight is 303 g/mol. The number of fused-ring (bicyclic) bond motifs is 1. The Kier molecular flexibility index (Phi) is 4.13. The van der Waals surface area contributed by atoms with Gasteiger partial charge in [-0.2, -0.15) is 0 Å². The summed E-state index contributed by atoms with van der Waals surface area (Å²) in [6.45, 7) is 2.51. The highest BCUT2D eigenvalue weighted by Gasteiger charge is 2.17. The van der Waals surface area contributed by atoms with Crippen molar-refractivity contribution in [1.82, 2.24) is 4.98 Å². The fraction of sp³-hybridized carbons (Fsp3) is 0.353. The average Bonchev–Trinajstić information content (AvgIpc) is 2.95. The molecule has 0 saturated heterocycles. The predicted octanol–water partition coefficient (Wildman–Crippen LogP) is 4.04. The molecule has 0 aliphatic heterocycles. The zero-order valence-electron chi connectivity index (χ0n) is 12.2. The Hall–Kier alpha value is -1.58. The molecule has 2 aromatic rings. The molecule has 0 saturated carbocycles. The van der Waals surface area contributed by atoms with Gasteiger partial charge in [-0.3, -0.25) is 0 Å². The first-order chi connectivity index (χ1) is 10.2. The highest BCUT2D eigenvalue weighted by atomic mass is 35.5. The Morgan fingerprint density at radius 1 is 1.24 bits per heavy atom. The van der Waals surface area contributed by atoms with E-state index >= 15 is 0 Å². The van der Waals surface area contributed by atoms with Gasteiger partial charge in [0.2, 0.25) is 5.88 Å². The van der Waals surface area contributed by atoms with E-state index in [4.69, 9.17) is 22.1 Å². The third kappa shape index (κ3) is 2.89. The largest absolute Gasteiger partial charge is 0.439 e. The van der Waals surface area contributed by atoms with Crippen molar-refractivity contribution < 1.29 is 4.74 Å². The molecule has 0 unspecified atom stereocenters. The van der Waals surface area contributed by atoms with Gasteiger partial charge in [0.05, 0.1) is 0 Å². The maximum atomic E-state index is 6.14. The summed E-state index contributed by atoms with van der Waals surface area (Å²) < 4.78 is 5.97. The molecule has 1 heterocycles. The van der Waals surface area contributed by atoms with Crippen LogP contribution in [0, 0.1) is 0 Å². The van der Waals surface area contributed by atoms with Gasteiger partial charge in [0.25, 0.3) is 0 Å². The van der Waals surface area contributed by atoms with Gasteiger partial charge in [0, 0.05) is 22.8 Å². The molecule has 1 aromatic carbocycles. The number of nitrogens with zero attached hydrogens (tertiary/aromatic N) is 1. The van der Waals surface area contributed by atoms with Gasteiger partial charge in [-0.05, 0) is 61.1 Å². The van der Waals surface area contributed by atoms with E-state index in [1.165, 1.54) is 5.56 Å². The molecule has 0 spiro atoms. The van der Waals surface area contributed by atoms with Crippen LogP contribution in [0.5, 0.6) is 11.6 Å². The summed E-state index contributed by atoms with van der Waals surface area (Å²) in [6, 6.07) is 7.85. The predicted molar refractivity (Wildman–Crippen MR) is 85.1 cm³/mol. The normalized spacial score (nSPS) is 13.3. The fourth-order valence-electron chi connectivity index (χ4n) is 2.73. The lowest BCUT2D eigenvalue weighted by Gasteiger charge is -2.12. The van der Waals surface area contributed by atoms with Crippen molar-refractivity contribution in [2.24, 2.45) is 5.73 Å². The minimum atomic E-state index is 0.434. The third-order valence-electron chi connectivity index (χ3n) is 3.92. The van der Waals surface area contributed by atoms with Crippen LogP contribution in [0.25, 0.3) is 0 Å². The number of ether oxygens (including phenoxy) is 1. The topological polar surface area (TPSA) is 48.1 Å². The molecule has 1 aliphatic carbocycles. The van der Waals surface area contributed by atoms with Crippen LogP contribution in [-0.2, 0) is 25.8 Å². The first-order valence-electron chi connectivity index (χ1n) is 7.39. The molecular weight excluding hydrogens is 284 g/mol. The van der Waals surface area contributed by atoms with Crippen molar-refractivity contribution in [3.63, 3.8) is 0 Å². The van der Waals surface area contributed by atoms with Gasteiger partial charge in [-0.25, -0.2) is 4.98 Å². The summed E-state index contributed by atoms with van der Waals surface area (Å²) in [5, 5.41) is 0.769. The molecule has 110 valence electrons. The number of aryl methyl sites for hydroxylation is 3. The summed E-state index contributed by atoms with van der Waals surface area (Å²) in [5.74, 6) is 1.39. The van der Waals surface area contributed by atoms with Crippen molar-refractivity contribution in [3.8, 4) is 11.6 Å². The summed E-state index contributed by atoms with van der Waals surface area (Å²) in [5.41, 5.74) is 10.3. The summed E-state index contributed by atoms with van der Waals surface area (Å²) in [6.07, 6.45) is 4.15. The number of aromatic nitrogens is 1. The molecule has 21 heavy (non-hydrogen) atoms. The first kappa shape index (κ1) is 14.4. The Morgan fingerprint density at radius 3 is 2.86 bits per heavy atom. The molecule has 1 aliphatic rings. The summed E-state index contributed by atoms with van der Waals surface area (Å²) in [7, 11) is 0. The molecule has 3 rings (SSSR count). The second kappa shape index (κ2) is 6.04. The van der Waals surface area contributed by atoms with E-state index in [1.54, 1.807) is 0 Å². The van der Waals surface area contributed by atoms with Crippen LogP contribution in [0.15, 0.2) is 24.3 Å². The quantitative estimate of drug-likeness (QED) is 0.927. The number of benzene rings is 1. The maximum Gasteiger partial charge on any atom is 0.223 e. The zero-order valence-corrected chi connectivity index (χ0v) is 12.9. The molecule has 0 atom stereocenters. The van der Waals surface area contributed by atoms with Gasteiger partial charge in [-0.15, -0.1) is 0 Å². The van der Waals surface area contributed by atoms with Crippen LogP contribution >= 0.6 is 11.6 Å². The molecule has 0 bridgehead atoms. The lowest BCUT2D eigenvalue weighted by molar-refractivity contribution is 0.454. The molecule has 4 heteroatoms. The third-order valence-corrected chi connectivity index (χ3v) is 4.29. The van der Waals surface area contributed by atoms with E-state index in [9.17, 15) is 0 Å². The minimum absolute atomic E-state index is 0.434. The second-order valence-electron chi connectivity index (χ2n) is 5.32. The Bertz CT molecular complexity index is 670. The Labute approximate surface area is 130 Å². The number of pyridine rings is 1. The fourth-order valence-corrected chi connectivity index (χ4v) is 2.98. The van der Waals surface area contributed by atoms with Crippen LogP contribution < -0.4 is 10.5 Å². The standard InChI is InChI=1S/C17H19ClN2O/c1-2-11-9-14(6-7-15(11)18)21-17-13(10-19)8-12-4-3-5-16(12)20-17/h6-9H,2-5,10,19H2,1H3. The smallest absolute Gasteiger partial charge is 0.223 e. The lowest BCUT2D eigenvalue weighted by atomic mass is 10.1. The minimum Gasteiger partial charge on any atom is -0.439 e. The number of rotatable bonds is 4. The lowest BCUT2D eigenvalue weighted by Crippen LogP contribution is -2.04. The van der Waals surface area contributed by atoms with Crippen LogP contribution in [0.2, 0.25) is 5.02 Å². The van der Waals surface area contributed by atoms with Gasteiger partial charge in [0.15, 0.2) is 0 Å². The zero-order chi connectivity index (χ0) is 14.8. The van der Waals surface area contributed by atoms with Crippen LogP contribution in [-0.4, -0.2) is 4.98 Å². The van der Waals surface area contributed by atoms with Crippen LogP contribution in [0.3, 0.4) is 0 Å². The highest BCUT2D eigenvalue weighted by molar-refractivity contribution is 6.31. The highest BCUT2D eigenvalue weighted by Crippen LogP contribution is 2.31. The van der Waals surface area contributed by atoms with Gasteiger partial charge in [-0.1, -0.05) is 18.5 Å². The molecule has 0 radical (unpaired) electrons. The van der Waals surface area contributed by atoms with Crippen molar-refractivity contribution in [3.05, 3.63) is 51.7 Å². The van der Waals surface area contributed by atoms with Crippen LogP contribution in [0.1, 0.15) is 35.7 Å². The van der Waals surface area contributed by atoms with Crippen molar-refractivity contribution in [2.45, 2.75) is 39.2 Å². The molecule has 2 N–H and O–H groups in total. The summed E-state index contributed by atoms with van der Waals surface area (Å²) >= 11 is 6.14. The SMILES string of the molecule is CCc1cc(Oc2nc3c(cc2CN)CCC3)ccc1Cl. The van der Waals surface area contributed by atoms with E-state index in [-0.39, 0.29) is 0 Å². The van der Waals surface area contributed by atoms with E-state index in [2.05, 4.69) is 18.0 Å².